The van der Waals surface area contributed by atoms with Gasteiger partial charge in [0.15, 0.2) is 11.7 Å². The van der Waals surface area contributed by atoms with E-state index in [4.69, 9.17) is 11.6 Å². The molecule has 0 aromatic carbocycles. The standard InChI is InChI=1S/C15H18ClF3N4S2/c1-2-20-14(21-7-5-10-3-4-12(16)25-10)22-8-6-13-23-11(9-24-13)15(17,18)19/h3-4,9H,2,5-8H2,1H3,(H2,20,21,22). The van der Waals surface area contributed by atoms with Gasteiger partial charge in [-0.05, 0) is 25.5 Å². The van der Waals surface area contributed by atoms with E-state index < -0.39 is 11.9 Å². The number of aromatic nitrogens is 1. The molecule has 0 aliphatic carbocycles. The maximum absolute atomic E-state index is 12.5. The third kappa shape index (κ3) is 6.83. The Kier molecular flexibility index (Phi) is 7.52. The van der Waals surface area contributed by atoms with Crippen molar-refractivity contribution in [3.8, 4) is 0 Å². The largest absolute Gasteiger partial charge is 0.434 e. The minimum atomic E-state index is -4.39. The normalized spacial score (nSPS) is 12.4. The van der Waals surface area contributed by atoms with Gasteiger partial charge in [0.25, 0.3) is 0 Å². The second-order valence-corrected chi connectivity index (χ2v) is 7.76. The Labute approximate surface area is 157 Å². The van der Waals surface area contributed by atoms with Gasteiger partial charge in [0, 0.05) is 36.3 Å². The molecule has 4 nitrogen and oxygen atoms in total. The molecular formula is C15H18ClF3N4S2. The first-order valence-corrected chi connectivity index (χ1v) is 9.74. The van der Waals surface area contributed by atoms with Crippen molar-refractivity contribution in [2.24, 2.45) is 4.99 Å². The van der Waals surface area contributed by atoms with Crippen LogP contribution < -0.4 is 10.6 Å². The first-order chi connectivity index (χ1) is 11.9. The van der Waals surface area contributed by atoms with E-state index in [9.17, 15) is 13.2 Å². The fraction of sp³-hybridized carbons (Fsp3) is 0.467. The highest BCUT2D eigenvalue weighted by Crippen LogP contribution is 2.30. The van der Waals surface area contributed by atoms with Gasteiger partial charge in [-0.15, -0.1) is 22.7 Å². The van der Waals surface area contributed by atoms with E-state index in [2.05, 4.69) is 20.6 Å². The summed E-state index contributed by atoms with van der Waals surface area (Å²) in [6, 6.07) is 3.85. The minimum Gasteiger partial charge on any atom is -0.357 e. The summed E-state index contributed by atoms with van der Waals surface area (Å²) >= 11 is 8.44. The Balaban J connectivity index is 1.81. The summed E-state index contributed by atoms with van der Waals surface area (Å²) in [5.74, 6) is 0.637. The SMILES string of the molecule is CCNC(=NCCc1nc(C(F)(F)F)cs1)NCCc1ccc(Cl)s1. The summed E-state index contributed by atoms with van der Waals surface area (Å²) in [6.45, 7) is 3.71. The van der Waals surface area contributed by atoms with E-state index in [1.807, 2.05) is 19.1 Å². The number of halogens is 4. The van der Waals surface area contributed by atoms with E-state index >= 15 is 0 Å². The van der Waals surface area contributed by atoms with E-state index in [0.717, 1.165) is 27.5 Å². The van der Waals surface area contributed by atoms with Crippen LogP contribution in [-0.4, -0.2) is 30.6 Å². The van der Waals surface area contributed by atoms with Crippen molar-refractivity contribution in [1.29, 1.82) is 0 Å². The van der Waals surface area contributed by atoms with Crippen LogP contribution in [0.3, 0.4) is 0 Å². The zero-order chi connectivity index (χ0) is 18.3. The lowest BCUT2D eigenvalue weighted by Gasteiger charge is -2.10. The molecule has 0 spiro atoms. The Morgan fingerprint density at radius 2 is 2.08 bits per heavy atom. The molecular weight excluding hydrogens is 393 g/mol. The van der Waals surface area contributed by atoms with Gasteiger partial charge in [0.2, 0.25) is 0 Å². The van der Waals surface area contributed by atoms with Crippen LogP contribution in [0.2, 0.25) is 4.34 Å². The fourth-order valence-electron chi connectivity index (χ4n) is 1.95. The van der Waals surface area contributed by atoms with Crippen LogP contribution in [-0.2, 0) is 19.0 Å². The first kappa shape index (κ1) is 20.0. The first-order valence-electron chi connectivity index (χ1n) is 7.66. The molecule has 138 valence electrons. The zero-order valence-electron chi connectivity index (χ0n) is 13.5. The molecule has 0 aliphatic rings. The van der Waals surface area contributed by atoms with Crippen LogP contribution in [0.5, 0.6) is 0 Å². The molecule has 0 bridgehead atoms. The predicted molar refractivity (Wildman–Crippen MR) is 97.8 cm³/mol. The van der Waals surface area contributed by atoms with Crippen molar-refractivity contribution in [1.82, 2.24) is 15.6 Å². The van der Waals surface area contributed by atoms with Crippen molar-refractivity contribution in [2.45, 2.75) is 25.9 Å². The Morgan fingerprint density at radius 3 is 2.68 bits per heavy atom. The Morgan fingerprint density at radius 1 is 1.28 bits per heavy atom. The van der Waals surface area contributed by atoms with Crippen LogP contribution in [0.4, 0.5) is 13.2 Å². The van der Waals surface area contributed by atoms with Gasteiger partial charge in [-0.1, -0.05) is 11.6 Å². The monoisotopic (exact) mass is 410 g/mol. The second-order valence-electron chi connectivity index (χ2n) is 5.02. The highest BCUT2D eigenvalue weighted by Gasteiger charge is 2.33. The molecule has 0 aliphatic heterocycles. The molecule has 0 fully saturated rings. The van der Waals surface area contributed by atoms with Crippen molar-refractivity contribution in [3.05, 3.63) is 37.4 Å². The van der Waals surface area contributed by atoms with Gasteiger partial charge in [-0.2, -0.15) is 13.2 Å². The lowest BCUT2D eigenvalue weighted by molar-refractivity contribution is -0.140. The molecule has 0 radical (unpaired) electrons. The maximum Gasteiger partial charge on any atom is 0.434 e. The molecule has 2 aromatic heterocycles. The molecule has 10 heteroatoms. The highest BCUT2D eigenvalue weighted by atomic mass is 35.5. The van der Waals surface area contributed by atoms with Crippen LogP contribution in [0.1, 0.15) is 22.5 Å². The van der Waals surface area contributed by atoms with E-state index in [0.29, 0.717) is 37.0 Å². The summed E-state index contributed by atoms with van der Waals surface area (Å²) in [7, 11) is 0. The second kappa shape index (κ2) is 9.40. The topological polar surface area (TPSA) is 49.3 Å². The predicted octanol–water partition coefficient (Wildman–Crippen LogP) is 4.22. The van der Waals surface area contributed by atoms with Crippen LogP contribution >= 0.6 is 34.3 Å². The number of aliphatic imine (C=N–C) groups is 1. The van der Waals surface area contributed by atoms with Gasteiger partial charge in [-0.25, -0.2) is 4.98 Å². The van der Waals surface area contributed by atoms with E-state index in [1.165, 1.54) is 16.2 Å². The van der Waals surface area contributed by atoms with Gasteiger partial charge in [-0.3, -0.25) is 4.99 Å². The summed E-state index contributed by atoms with van der Waals surface area (Å²) in [5.41, 5.74) is -0.837. The van der Waals surface area contributed by atoms with Crippen molar-refractivity contribution < 1.29 is 13.2 Å². The molecule has 2 N–H and O–H groups in total. The summed E-state index contributed by atoms with van der Waals surface area (Å²) in [6.07, 6.45) is -3.19. The van der Waals surface area contributed by atoms with E-state index in [1.54, 1.807) is 0 Å². The van der Waals surface area contributed by atoms with Crippen LogP contribution in [0.25, 0.3) is 0 Å². The Bertz CT molecular complexity index is 697. The number of rotatable bonds is 7. The van der Waals surface area contributed by atoms with Gasteiger partial charge >= 0.3 is 6.18 Å². The average Bonchev–Trinajstić information content (AvgIpc) is 3.16. The molecule has 25 heavy (non-hydrogen) atoms. The number of hydrogen-bond acceptors (Lipinski definition) is 4. The molecule has 2 rings (SSSR count). The van der Waals surface area contributed by atoms with Crippen molar-refractivity contribution >= 4 is 40.2 Å². The third-order valence-corrected chi connectivity index (χ3v) is 5.27. The van der Waals surface area contributed by atoms with Crippen LogP contribution in [0, 0.1) is 0 Å². The van der Waals surface area contributed by atoms with Crippen LogP contribution in [0.15, 0.2) is 22.5 Å². The number of alkyl halides is 3. The average molecular weight is 411 g/mol. The van der Waals surface area contributed by atoms with E-state index in [-0.39, 0.29) is 0 Å². The maximum atomic E-state index is 12.5. The number of nitrogens with zero attached hydrogens (tertiary/aromatic N) is 2. The van der Waals surface area contributed by atoms with Gasteiger partial charge in [0.1, 0.15) is 0 Å². The zero-order valence-corrected chi connectivity index (χ0v) is 15.9. The lowest BCUT2D eigenvalue weighted by atomic mass is 10.3. The summed E-state index contributed by atoms with van der Waals surface area (Å²) < 4.78 is 38.3. The van der Waals surface area contributed by atoms with Gasteiger partial charge < -0.3 is 10.6 Å². The summed E-state index contributed by atoms with van der Waals surface area (Å²) in [4.78, 5) is 9.15. The van der Waals surface area contributed by atoms with Gasteiger partial charge in [0.05, 0.1) is 9.34 Å². The molecule has 2 aromatic rings. The van der Waals surface area contributed by atoms with Crippen molar-refractivity contribution in [3.63, 3.8) is 0 Å². The van der Waals surface area contributed by atoms with Crippen molar-refractivity contribution in [2.75, 3.05) is 19.6 Å². The molecule has 0 amide bonds. The number of thiophene rings is 1. The lowest BCUT2D eigenvalue weighted by Crippen LogP contribution is -2.38. The Hall–Kier alpha value is -1.32. The summed E-state index contributed by atoms with van der Waals surface area (Å²) in [5, 5.41) is 7.78. The number of guanidine groups is 1. The molecule has 2 heterocycles. The third-order valence-electron chi connectivity index (χ3n) is 3.07. The fourth-order valence-corrected chi connectivity index (χ4v) is 3.83. The molecule has 0 atom stereocenters. The molecule has 0 saturated carbocycles. The highest BCUT2D eigenvalue weighted by molar-refractivity contribution is 7.16. The number of thiazole rings is 1. The smallest absolute Gasteiger partial charge is 0.357 e. The minimum absolute atomic E-state index is 0.366. The number of nitrogens with one attached hydrogen (secondary N) is 2. The molecule has 0 unspecified atom stereocenters. The quantitative estimate of drug-likeness (QED) is 0.530. The molecule has 0 saturated heterocycles. The number of hydrogen-bond donors (Lipinski definition) is 2.